The van der Waals surface area contributed by atoms with Gasteiger partial charge in [-0.3, -0.25) is 19.2 Å². The fraction of sp³-hybridized carbons (Fsp3) is 0.164. The summed E-state index contributed by atoms with van der Waals surface area (Å²) >= 11 is 0. The molecule has 4 amide bonds. The highest BCUT2D eigenvalue weighted by molar-refractivity contribution is 6.35. The van der Waals surface area contributed by atoms with E-state index in [0.29, 0.717) is 58.4 Å². The Kier molecular flexibility index (Phi) is 12.6. The molecule has 2 heterocycles. The van der Waals surface area contributed by atoms with Gasteiger partial charge in [0.05, 0.1) is 46.8 Å². The second kappa shape index (κ2) is 18.6. The molecule has 0 fully saturated rings. The van der Waals surface area contributed by atoms with E-state index in [1.54, 1.807) is 98.8 Å². The van der Waals surface area contributed by atoms with Crippen LogP contribution in [-0.2, 0) is 37.3 Å². The van der Waals surface area contributed by atoms with Crippen LogP contribution in [0.15, 0.2) is 158 Å². The van der Waals surface area contributed by atoms with Gasteiger partial charge in [-0.2, -0.15) is 0 Å². The first kappa shape index (κ1) is 45.2. The van der Waals surface area contributed by atoms with Gasteiger partial charge in [0.25, 0.3) is 23.6 Å². The van der Waals surface area contributed by atoms with Gasteiger partial charge in [0.15, 0.2) is 0 Å². The van der Waals surface area contributed by atoms with E-state index in [0.717, 1.165) is 32.1 Å². The number of amides is 4. The average Bonchev–Trinajstić information content (AvgIpc) is 3.72. The van der Waals surface area contributed by atoms with Gasteiger partial charge in [-0.25, -0.2) is 19.4 Å². The van der Waals surface area contributed by atoms with E-state index in [1.165, 1.54) is 0 Å². The maximum absolute atomic E-state index is 13.5. The van der Waals surface area contributed by atoms with Crippen molar-refractivity contribution in [3.8, 4) is 23.0 Å². The van der Waals surface area contributed by atoms with Crippen molar-refractivity contribution >= 4 is 46.9 Å². The third-order valence-corrected chi connectivity index (χ3v) is 11.7. The van der Waals surface area contributed by atoms with Gasteiger partial charge in [0.1, 0.15) is 23.0 Å². The molecule has 6 aromatic carbocycles. The monoisotopic (exact) mass is 894 g/mol. The summed E-state index contributed by atoms with van der Waals surface area (Å²) in [5, 5.41) is 0. The predicted molar refractivity (Wildman–Crippen MR) is 252 cm³/mol. The van der Waals surface area contributed by atoms with E-state index in [1.807, 2.05) is 48.5 Å². The summed E-state index contributed by atoms with van der Waals surface area (Å²) in [6.07, 6.45) is 0.943. The minimum atomic E-state index is -0.454. The fourth-order valence-corrected chi connectivity index (χ4v) is 7.75. The quantitative estimate of drug-likeness (QED) is 0.0523. The second-order valence-electron chi connectivity index (χ2n) is 16.8. The normalized spacial score (nSPS) is 13.0. The van der Waals surface area contributed by atoms with Gasteiger partial charge in [-0.1, -0.05) is 75.5 Å². The van der Waals surface area contributed by atoms with Crippen molar-refractivity contribution in [3.05, 3.63) is 202 Å². The molecule has 336 valence electrons. The lowest BCUT2D eigenvalue weighted by Crippen LogP contribution is -2.29. The van der Waals surface area contributed by atoms with Crippen LogP contribution in [0.4, 0.5) is 11.4 Å². The Morgan fingerprint density at radius 3 is 1.13 bits per heavy atom. The number of nitrogens with zero attached hydrogens (tertiary/aromatic N) is 2. The number of anilines is 2. The number of hydrogen-bond donors (Lipinski definition) is 0. The molecule has 0 radical (unpaired) electrons. The van der Waals surface area contributed by atoms with Crippen molar-refractivity contribution < 1.29 is 47.7 Å². The summed E-state index contributed by atoms with van der Waals surface area (Å²) in [6.45, 7) is 14.9. The van der Waals surface area contributed by atoms with Crippen molar-refractivity contribution in [2.75, 3.05) is 23.0 Å². The minimum absolute atomic E-state index is 0.184. The van der Waals surface area contributed by atoms with Crippen molar-refractivity contribution in [2.24, 2.45) is 0 Å². The Hall–Kier alpha value is -8.38. The number of benzene rings is 6. The maximum atomic E-state index is 13.5. The van der Waals surface area contributed by atoms with Gasteiger partial charge in [-0.15, -0.1) is 0 Å². The highest BCUT2D eigenvalue weighted by Gasteiger charge is 2.38. The minimum Gasteiger partial charge on any atom is -0.462 e. The van der Waals surface area contributed by atoms with Crippen LogP contribution >= 0.6 is 0 Å². The average molecular weight is 895 g/mol. The second-order valence-corrected chi connectivity index (χ2v) is 16.8. The zero-order chi connectivity index (χ0) is 47.6. The lowest BCUT2D eigenvalue weighted by molar-refractivity contribution is -0.139. The first-order chi connectivity index (χ1) is 32.1. The molecule has 0 aliphatic carbocycles. The standard InChI is InChI=1S/C55H46N2O10/c1-33(2)53(62)64-29-27-35-7-15-39(16-8-35)56-49(58)45-25-23-43(31-47(45)51(56)60)66-41-19-11-37(12-20-41)55(5,6)38-13-21-42(22-14-38)67-44-24-26-46-48(32-44)52(61)57(50(46)59)40-17-9-36(10-18-40)28-30-65-54(63)34(3)4/h7-26,31-32H,1,3,27-30H2,2,4-6H3. The fourth-order valence-electron chi connectivity index (χ4n) is 7.75. The number of carbonyl (C=O) groups excluding carboxylic acids is 6. The number of fused-ring (bicyclic) bond motifs is 2. The summed E-state index contributed by atoms with van der Waals surface area (Å²) in [7, 11) is 0. The summed E-state index contributed by atoms with van der Waals surface area (Å²) in [4.78, 5) is 79.3. The molecule has 0 saturated carbocycles. The number of hydrogen-bond acceptors (Lipinski definition) is 10. The SMILES string of the molecule is C=C(C)C(=O)OCCc1ccc(N2C(=O)c3ccc(Oc4ccc(C(C)(C)c5ccc(Oc6ccc7c(c6)C(=O)N(c6ccc(CCOC(=O)C(=C)C)cc6)C7=O)cc5)cc4)cc3C2=O)cc1. The van der Waals surface area contributed by atoms with Crippen molar-refractivity contribution in [2.45, 2.75) is 46.0 Å². The number of rotatable bonds is 16. The van der Waals surface area contributed by atoms with Gasteiger partial charge in [0.2, 0.25) is 0 Å². The van der Waals surface area contributed by atoms with Crippen LogP contribution in [0.2, 0.25) is 0 Å². The Balaban J connectivity index is 0.867. The lowest BCUT2D eigenvalue weighted by Gasteiger charge is -2.26. The van der Waals surface area contributed by atoms with E-state index in [-0.39, 0.29) is 35.5 Å². The summed E-state index contributed by atoms with van der Waals surface area (Å²) in [5.41, 5.74) is 5.93. The molecule has 67 heavy (non-hydrogen) atoms. The first-order valence-corrected chi connectivity index (χ1v) is 21.5. The van der Waals surface area contributed by atoms with Crippen molar-refractivity contribution in [1.29, 1.82) is 0 Å². The summed E-state index contributed by atoms with van der Waals surface area (Å²) in [6, 6.07) is 38.9. The van der Waals surface area contributed by atoms with Crippen molar-refractivity contribution in [1.82, 2.24) is 0 Å². The van der Waals surface area contributed by atoms with E-state index < -0.39 is 41.0 Å². The van der Waals surface area contributed by atoms with Crippen LogP contribution in [0.25, 0.3) is 0 Å². The highest BCUT2D eigenvalue weighted by Crippen LogP contribution is 2.37. The smallest absolute Gasteiger partial charge is 0.333 e. The zero-order valence-corrected chi connectivity index (χ0v) is 37.4. The summed E-state index contributed by atoms with van der Waals surface area (Å²) in [5.74, 6) is -0.758. The molecule has 12 heteroatoms. The third kappa shape index (κ3) is 9.41. The molecule has 0 N–H and O–H groups in total. The molecule has 0 spiro atoms. The lowest BCUT2D eigenvalue weighted by atomic mass is 9.78. The van der Waals surface area contributed by atoms with Crippen LogP contribution in [0, 0.1) is 0 Å². The number of carbonyl (C=O) groups is 6. The number of esters is 2. The van der Waals surface area contributed by atoms with Crippen LogP contribution in [0.5, 0.6) is 23.0 Å². The van der Waals surface area contributed by atoms with Gasteiger partial charge in [-0.05, 0) is 121 Å². The molecule has 2 aliphatic heterocycles. The largest absolute Gasteiger partial charge is 0.462 e. The molecule has 0 bridgehead atoms. The molecule has 12 nitrogen and oxygen atoms in total. The van der Waals surface area contributed by atoms with Crippen LogP contribution in [0.1, 0.15) is 91.4 Å². The van der Waals surface area contributed by atoms with Gasteiger partial charge >= 0.3 is 11.9 Å². The zero-order valence-electron chi connectivity index (χ0n) is 37.4. The molecule has 0 aromatic heterocycles. The Morgan fingerprint density at radius 2 is 0.791 bits per heavy atom. The van der Waals surface area contributed by atoms with E-state index in [2.05, 4.69) is 27.0 Å². The topological polar surface area (TPSA) is 146 Å². The molecular formula is C55H46N2O10. The number of imide groups is 2. The Labute approximate surface area is 387 Å². The molecule has 8 rings (SSSR count). The Bertz CT molecular complexity index is 2780. The van der Waals surface area contributed by atoms with Crippen LogP contribution in [0.3, 0.4) is 0 Å². The Morgan fingerprint density at radius 1 is 0.463 bits per heavy atom. The number of ether oxygens (including phenoxy) is 4. The molecule has 0 unspecified atom stereocenters. The maximum Gasteiger partial charge on any atom is 0.333 e. The van der Waals surface area contributed by atoms with E-state index in [4.69, 9.17) is 18.9 Å². The third-order valence-electron chi connectivity index (χ3n) is 11.7. The van der Waals surface area contributed by atoms with E-state index >= 15 is 0 Å². The predicted octanol–water partition coefficient (Wildman–Crippen LogP) is 10.5. The summed E-state index contributed by atoms with van der Waals surface area (Å²) < 4.78 is 22.7. The molecular weight excluding hydrogens is 849 g/mol. The van der Waals surface area contributed by atoms with Crippen molar-refractivity contribution in [3.63, 3.8) is 0 Å². The van der Waals surface area contributed by atoms with Crippen LogP contribution in [-0.4, -0.2) is 48.8 Å². The van der Waals surface area contributed by atoms with E-state index in [9.17, 15) is 28.8 Å². The van der Waals surface area contributed by atoms with Crippen LogP contribution < -0.4 is 19.3 Å². The highest BCUT2D eigenvalue weighted by atomic mass is 16.5. The molecule has 6 aromatic rings. The molecule has 2 aliphatic rings. The molecule has 0 atom stereocenters. The molecule has 0 saturated heterocycles. The van der Waals surface area contributed by atoms with Gasteiger partial charge < -0.3 is 18.9 Å². The van der Waals surface area contributed by atoms with Gasteiger partial charge in [0, 0.05) is 29.4 Å². The first-order valence-electron chi connectivity index (χ1n) is 21.5.